The minimum atomic E-state index is 0.302. The summed E-state index contributed by atoms with van der Waals surface area (Å²) in [5, 5.41) is 3.45. The molecule has 0 saturated carbocycles. The summed E-state index contributed by atoms with van der Waals surface area (Å²) in [4.78, 5) is 0. The van der Waals surface area contributed by atoms with Crippen molar-refractivity contribution in [3.63, 3.8) is 0 Å². The highest BCUT2D eigenvalue weighted by atomic mass is 16.5. The van der Waals surface area contributed by atoms with Crippen LogP contribution < -0.4 is 5.32 Å². The van der Waals surface area contributed by atoms with Gasteiger partial charge in [0, 0.05) is 12.6 Å². The summed E-state index contributed by atoms with van der Waals surface area (Å²) < 4.78 is 6.00. The molecule has 0 spiro atoms. The summed E-state index contributed by atoms with van der Waals surface area (Å²) >= 11 is 0. The van der Waals surface area contributed by atoms with Crippen LogP contribution in [0.4, 0.5) is 0 Å². The Labute approximate surface area is 112 Å². The second kappa shape index (κ2) is 8.28. The fourth-order valence-electron chi connectivity index (χ4n) is 1.81. The Kier molecular flexibility index (Phi) is 6.99. The maximum Gasteiger partial charge on any atom is 0.0722 e. The molecule has 1 N–H and O–H groups in total. The second-order valence-corrected chi connectivity index (χ2v) is 5.45. The third kappa shape index (κ3) is 6.18. The number of hydrogen-bond donors (Lipinski definition) is 1. The van der Waals surface area contributed by atoms with E-state index in [-0.39, 0.29) is 0 Å². The molecule has 0 saturated heterocycles. The molecule has 0 aliphatic rings. The van der Waals surface area contributed by atoms with E-state index in [1.807, 2.05) is 6.07 Å². The van der Waals surface area contributed by atoms with Gasteiger partial charge in [0.25, 0.3) is 0 Å². The highest BCUT2D eigenvalue weighted by molar-refractivity contribution is 5.14. The molecule has 0 amide bonds. The third-order valence-electron chi connectivity index (χ3n) is 3.04. The van der Waals surface area contributed by atoms with E-state index in [0.29, 0.717) is 18.1 Å². The van der Waals surface area contributed by atoms with Gasteiger partial charge in [0.2, 0.25) is 0 Å². The minimum absolute atomic E-state index is 0.302. The Balaban J connectivity index is 2.29. The number of ether oxygens (including phenoxy) is 1. The van der Waals surface area contributed by atoms with Crippen molar-refractivity contribution in [2.24, 2.45) is 5.92 Å². The molecule has 2 heteroatoms. The van der Waals surface area contributed by atoms with Crippen molar-refractivity contribution in [3.8, 4) is 0 Å². The van der Waals surface area contributed by atoms with E-state index in [1.54, 1.807) is 0 Å². The van der Waals surface area contributed by atoms with Gasteiger partial charge in [-0.05, 0) is 17.9 Å². The first kappa shape index (κ1) is 15.2. The van der Waals surface area contributed by atoms with Crippen molar-refractivity contribution < 1.29 is 4.74 Å². The standard InChI is InChI=1S/C16H27NO/c1-13(2)16(12-17-14(3)4)18-11-10-15-8-6-5-7-9-15/h5-9,13-14,16-17H,10-12H2,1-4H3. The molecule has 1 atom stereocenters. The molecule has 102 valence electrons. The van der Waals surface area contributed by atoms with Gasteiger partial charge in [-0.2, -0.15) is 0 Å². The first-order valence-electron chi connectivity index (χ1n) is 6.98. The Morgan fingerprint density at radius 1 is 1.06 bits per heavy atom. The van der Waals surface area contributed by atoms with Crippen LogP contribution in [0.3, 0.4) is 0 Å². The molecule has 0 aromatic heterocycles. The minimum Gasteiger partial charge on any atom is -0.376 e. The molecule has 1 aromatic rings. The van der Waals surface area contributed by atoms with Gasteiger partial charge >= 0.3 is 0 Å². The van der Waals surface area contributed by atoms with E-state index >= 15 is 0 Å². The van der Waals surface area contributed by atoms with Crippen molar-refractivity contribution in [2.45, 2.75) is 46.3 Å². The first-order valence-corrected chi connectivity index (χ1v) is 6.98. The van der Waals surface area contributed by atoms with Crippen LogP contribution in [0, 0.1) is 5.92 Å². The first-order chi connectivity index (χ1) is 8.59. The molecule has 1 aromatic carbocycles. The van der Waals surface area contributed by atoms with Crippen LogP contribution in [0.25, 0.3) is 0 Å². The monoisotopic (exact) mass is 249 g/mol. The molecule has 1 rings (SSSR count). The lowest BCUT2D eigenvalue weighted by Gasteiger charge is -2.23. The maximum atomic E-state index is 6.00. The van der Waals surface area contributed by atoms with Gasteiger partial charge in [-0.25, -0.2) is 0 Å². The predicted octanol–water partition coefficient (Wildman–Crippen LogP) is 3.27. The zero-order valence-electron chi connectivity index (χ0n) is 12.1. The maximum absolute atomic E-state index is 6.00. The molecule has 2 nitrogen and oxygen atoms in total. The summed E-state index contributed by atoms with van der Waals surface area (Å²) in [6.07, 6.45) is 1.29. The predicted molar refractivity (Wildman–Crippen MR) is 77.9 cm³/mol. The van der Waals surface area contributed by atoms with Gasteiger partial charge < -0.3 is 10.1 Å². The van der Waals surface area contributed by atoms with Crippen LogP contribution in [-0.4, -0.2) is 25.3 Å². The molecule has 1 unspecified atom stereocenters. The van der Waals surface area contributed by atoms with Gasteiger partial charge in [-0.3, -0.25) is 0 Å². The number of hydrogen-bond acceptors (Lipinski definition) is 2. The van der Waals surface area contributed by atoms with Crippen molar-refractivity contribution in [2.75, 3.05) is 13.2 Å². The Morgan fingerprint density at radius 3 is 2.28 bits per heavy atom. The lowest BCUT2D eigenvalue weighted by atomic mass is 10.1. The van der Waals surface area contributed by atoms with Gasteiger partial charge in [-0.15, -0.1) is 0 Å². The van der Waals surface area contributed by atoms with Crippen molar-refractivity contribution >= 4 is 0 Å². The molecular weight excluding hydrogens is 222 g/mol. The van der Waals surface area contributed by atoms with Gasteiger partial charge in [0.05, 0.1) is 12.7 Å². The summed E-state index contributed by atoms with van der Waals surface area (Å²) in [5.41, 5.74) is 1.34. The Bertz CT molecular complexity index is 308. The van der Waals surface area contributed by atoms with E-state index in [9.17, 15) is 0 Å². The summed E-state index contributed by atoms with van der Waals surface area (Å²) in [6.45, 7) is 10.5. The molecule has 0 aliphatic carbocycles. The molecule has 0 aliphatic heterocycles. The largest absolute Gasteiger partial charge is 0.376 e. The van der Waals surface area contributed by atoms with Crippen LogP contribution in [0.5, 0.6) is 0 Å². The van der Waals surface area contributed by atoms with Crippen molar-refractivity contribution in [1.82, 2.24) is 5.32 Å². The highest BCUT2D eigenvalue weighted by Gasteiger charge is 2.13. The summed E-state index contributed by atoms with van der Waals surface area (Å²) in [6, 6.07) is 11.0. The fraction of sp³-hybridized carbons (Fsp3) is 0.625. The van der Waals surface area contributed by atoms with Gasteiger partial charge in [0.15, 0.2) is 0 Å². The molecule has 0 radical (unpaired) electrons. The van der Waals surface area contributed by atoms with Gasteiger partial charge in [0.1, 0.15) is 0 Å². The molecule has 0 bridgehead atoms. The van der Waals surface area contributed by atoms with E-state index in [0.717, 1.165) is 19.6 Å². The van der Waals surface area contributed by atoms with Crippen LogP contribution >= 0.6 is 0 Å². The van der Waals surface area contributed by atoms with Gasteiger partial charge in [-0.1, -0.05) is 58.0 Å². The SMILES string of the molecule is CC(C)NCC(OCCc1ccccc1)C(C)C. The zero-order valence-corrected chi connectivity index (χ0v) is 12.1. The Hall–Kier alpha value is -0.860. The highest BCUT2D eigenvalue weighted by Crippen LogP contribution is 2.08. The topological polar surface area (TPSA) is 21.3 Å². The van der Waals surface area contributed by atoms with E-state index < -0.39 is 0 Å². The fourth-order valence-corrected chi connectivity index (χ4v) is 1.81. The van der Waals surface area contributed by atoms with E-state index in [1.165, 1.54) is 5.56 Å². The summed E-state index contributed by atoms with van der Waals surface area (Å²) in [5.74, 6) is 0.548. The third-order valence-corrected chi connectivity index (χ3v) is 3.04. The molecular formula is C16H27NO. The van der Waals surface area contributed by atoms with Crippen molar-refractivity contribution in [3.05, 3.63) is 35.9 Å². The van der Waals surface area contributed by atoms with Crippen LogP contribution in [0.2, 0.25) is 0 Å². The normalized spacial score (nSPS) is 13.2. The quantitative estimate of drug-likeness (QED) is 0.763. The lowest BCUT2D eigenvalue weighted by molar-refractivity contribution is 0.0236. The smallest absolute Gasteiger partial charge is 0.0722 e. The number of rotatable bonds is 8. The number of nitrogens with one attached hydrogen (secondary N) is 1. The zero-order chi connectivity index (χ0) is 13.4. The lowest BCUT2D eigenvalue weighted by Crippen LogP contribution is -2.36. The van der Waals surface area contributed by atoms with Crippen LogP contribution in [0.15, 0.2) is 30.3 Å². The van der Waals surface area contributed by atoms with Crippen molar-refractivity contribution in [1.29, 1.82) is 0 Å². The molecule has 0 heterocycles. The Morgan fingerprint density at radius 2 is 1.72 bits per heavy atom. The van der Waals surface area contributed by atoms with Crippen LogP contribution in [0.1, 0.15) is 33.3 Å². The average molecular weight is 249 g/mol. The summed E-state index contributed by atoms with van der Waals surface area (Å²) in [7, 11) is 0. The average Bonchev–Trinajstić information content (AvgIpc) is 2.34. The van der Waals surface area contributed by atoms with Crippen LogP contribution in [-0.2, 0) is 11.2 Å². The van der Waals surface area contributed by atoms with E-state index in [4.69, 9.17) is 4.74 Å². The number of benzene rings is 1. The molecule has 18 heavy (non-hydrogen) atoms. The van der Waals surface area contributed by atoms with E-state index in [2.05, 4.69) is 57.3 Å². The second-order valence-electron chi connectivity index (χ2n) is 5.45. The molecule has 0 fully saturated rings.